The van der Waals surface area contributed by atoms with Crippen LogP contribution in [0.25, 0.3) is 0 Å². The average Bonchev–Trinajstić information content (AvgIpc) is 2.66. The molecule has 2 unspecified atom stereocenters. The molecular weight excluding hydrogens is 274 g/mol. The monoisotopic (exact) mass is 289 g/mol. The predicted octanol–water partition coefficient (Wildman–Crippen LogP) is 2.26. The molecule has 6 heteroatoms. The second kappa shape index (κ2) is 5.07. The summed E-state index contributed by atoms with van der Waals surface area (Å²) in [5.41, 5.74) is 5.99. The molecule has 1 aromatic carbocycles. The normalized spacial score (nSPS) is 24.3. The van der Waals surface area contributed by atoms with Crippen LogP contribution in [0.5, 0.6) is 0 Å². The van der Waals surface area contributed by atoms with Gasteiger partial charge < -0.3 is 10.5 Å². The van der Waals surface area contributed by atoms with Gasteiger partial charge in [-0.3, -0.25) is 0 Å². The Kier molecular flexibility index (Phi) is 3.84. The summed E-state index contributed by atoms with van der Waals surface area (Å²) in [5, 5.41) is 0.204. The molecule has 100 valence electrons. The molecule has 2 rings (SSSR count). The number of rotatable bonds is 3. The lowest BCUT2D eigenvalue weighted by atomic mass is 10.2. The van der Waals surface area contributed by atoms with Crippen molar-refractivity contribution < 1.29 is 13.2 Å². The van der Waals surface area contributed by atoms with E-state index >= 15 is 0 Å². The van der Waals surface area contributed by atoms with Crippen molar-refractivity contribution in [1.29, 1.82) is 0 Å². The molecule has 1 fully saturated rings. The lowest BCUT2D eigenvalue weighted by Crippen LogP contribution is -2.21. The number of ether oxygens (including phenoxy) is 1. The average molecular weight is 290 g/mol. The summed E-state index contributed by atoms with van der Waals surface area (Å²) < 4.78 is 30.0. The van der Waals surface area contributed by atoms with E-state index in [0.717, 1.165) is 12.8 Å². The summed E-state index contributed by atoms with van der Waals surface area (Å²) in [6, 6.07) is 4.48. The Morgan fingerprint density at radius 1 is 1.44 bits per heavy atom. The molecule has 1 aliphatic heterocycles. The molecule has 2 atom stereocenters. The first-order chi connectivity index (χ1) is 8.38. The van der Waals surface area contributed by atoms with E-state index in [-0.39, 0.29) is 27.9 Å². The topological polar surface area (TPSA) is 69.4 Å². The maximum absolute atomic E-state index is 12.2. The van der Waals surface area contributed by atoms with Gasteiger partial charge in [-0.1, -0.05) is 11.6 Å². The molecule has 1 heterocycles. The molecule has 0 aromatic heterocycles. The third-order valence-electron chi connectivity index (χ3n) is 3.02. The number of sulfone groups is 1. The van der Waals surface area contributed by atoms with Gasteiger partial charge in [0.2, 0.25) is 0 Å². The Morgan fingerprint density at radius 2 is 2.17 bits per heavy atom. The maximum atomic E-state index is 12.2. The van der Waals surface area contributed by atoms with Crippen molar-refractivity contribution in [2.75, 3.05) is 11.5 Å². The van der Waals surface area contributed by atoms with Gasteiger partial charge in [-0.05, 0) is 38.0 Å². The van der Waals surface area contributed by atoms with Crippen LogP contribution in [0.4, 0.5) is 5.69 Å². The van der Waals surface area contributed by atoms with E-state index in [1.165, 1.54) is 12.1 Å². The summed E-state index contributed by atoms with van der Waals surface area (Å²) in [5.74, 6) is -0.0412. The minimum Gasteiger partial charge on any atom is -0.399 e. The van der Waals surface area contributed by atoms with Crippen molar-refractivity contribution in [2.45, 2.75) is 36.9 Å². The Morgan fingerprint density at radius 3 is 2.78 bits per heavy atom. The Labute approximate surface area is 112 Å². The fourth-order valence-electron chi connectivity index (χ4n) is 2.10. The molecule has 2 N–H and O–H groups in total. The van der Waals surface area contributed by atoms with E-state index in [1.807, 2.05) is 6.92 Å². The van der Waals surface area contributed by atoms with Crippen molar-refractivity contribution in [3.63, 3.8) is 0 Å². The molecular formula is C12H16ClNO3S. The molecule has 0 radical (unpaired) electrons. The van der Waals surface area contributed by atoms with Gasteiger partial charge in [-0.25, -0.2) is 8.42 Å². The van der Waals surface area contributed by atoms with Crippen LogP contribution in [-0.4, -0.2) is 26.4 Å². The van der Waals surface area contributed by atoms with Crippen molar-refractivity contribution in [1.82, 2.24) is 0 Å². The van der Waals surface area contributed by atoms with Crippen LogP contribution in [0.15, 0.2) is 23.1 Å². The summed E-state index contributed by atoms with van der Waals surface area (Å²) in [6.45, 7) is 1.94. The molecule has 0 amide bonds. The van der Waals surface area contributed by atoms with Crippen molar-refractivity contribution in [3.05, 3.63) is 23.2 Å². The molecule has 18 heavy (non-hydrogen) atoms. The van der Waals surface area contributed by atoms with Crippen LogP contribution in [0, 0.1) is 0 Å². The van der Waals surface area contributed by atoms with Gasteiger partial charge in [0.05, 0.1) is 27.9 Å². The van der Waals surface area contributed by atoms with Gasteiger partial charge >= 0.3 is 0 Å². The first kappa shape index (κ1) is 13.6. The zero-order valence-electron chi connectivity index (χ0n) is 10.1. The van der Waals surface area contributed by atoms with E-state index in [1.54, 1.807) is 6.07 Å². The van der Waals surface area contributed by atoms with Gasteiger partial charge in [-0.2, -0.15) is 0 Å². The van der Waals surface area contributed by atoms with Crippen LogP contribution >= 0.6 is 11.6 Å². The number of benzene rings is 1. The second-order valence-corrected chi connectivity index (χ2v) is 7.03. The molecule has 0 aliphatic carbocycles. The third-order valence-corrected chi connectivity index (χ3v) is 5.28. The van der Waals surface area contributed by atoms with Gasteiger partial charge in [0, 0.05) is 5.69 Å². The Hall–Kier alpha value is -0.780. The highest BCUT2D eigenvalue weighted by molar-refractivity contribution is 7.91. The first-order valence-corrected chi connectivity index (χ1v) is 7.85. The fraction of sp³-hybridized carbons (Fsp3) is 0.500. The molecule has 4 nitrogen and oxygen atoms in total. The zero-order chi connectivity index (χ0) is 13.3. The molecule has 1 aliphatic rings. The number of nitrogen functional groups attached to an aromatic ring is 1. The number of anilines is 1. The molecule has 1 aromatic rings. The zero-order valence-corrected chi connectivity index (χ0v) is 11.7. The molecule has 0 saturated carbocycles. The van der Waals surface area contributed by atoms with Crippen molar-refractivity contribution in [2.24, 2.45) is 0 Å². The Bertz CT molecular complexity index is 544. The van der Waals surface area contributed by atoms with E-state index in [2.05, 4.69) is 0 Å². The number of hydrogen-bond donors (Lipinski definition) is 1. The SMILES string of the molecule is CC1CCC(CS(=O)(=O)c2cc(N)ccc2Cl)O1. The molecule has 0 spiro atoms. The van der Waals surface area contributed by atoms with Crippen molar-refractivity contribution >= 4 is 27.1 Å². The van der Waals surface area contributed by atoms with Gasteiger partial charge in [0.1, 0.15) is 0 Å². The smallest absolute Gasteiger partial charge is 0.182 e. The van der Waals surface area contributed by atoms with E-state index in [0.29, 0.717) is 5.69 Å². The van der Waals surface area contributed by atoms with Crippen LogP contribution < -0.4 is 5.73 Å². The van der Waals surface area contributed by atoms with Crippen molar-refractivity contribution in [3.8, 4) is 0 Å². The third kappa shape index (κ3) is 2.96. The maximum Gasteiger partial charge on any atom is 0.182 e. The highest BCUT2D eigenvalue weighted by Gasteiger charge is 2.29. The van der Waals surface area contributed by atoms with Gasteiger partial charge in [-0.15, -0.1) is 0 Å². The fourth-order valence-corrected chi connectivity index (χ4v) is 4.17. The minimum atomic E-state index is -3.46. The molecule has 1 saturated heterocycles. The molecule has 0 bridgehead atoms. The minimum absolute atomic E-state index is 0.0412. The summed E-state index contributed by atoms with van der Waals surface area (Å²) in [6.07, 6.45) is 1.54. The second-order valence-electron chi connectivity index (χ2n) is 4.62. The number of nitrogens with two attached hydrogens (primary N) is 1. The predicted molar refractivity (Wildman–Crippen MR) is 71.5 cm³/mol. The van der Waals surface area contributed by atoms with E-state index in [4.69, 9.17) is 22.1 Å². The highest BCUT2D eigenvalue weighted by Crippen LogP contribution is 2.28. The largest absolute Gasteiger partial charge is 0.399 e. The van der Waals surface area contributed by atoms with Crippen LogP contribution in [0.1, 0.15) is 19.8 Å². The summed E-state index contributed by atoms with van der Waals surface area (Å²) in [4.78, 5) is 0.0901. The lowest BCUT2D eigenvalue weighted by molar-refractivity contribution is 0.0690. The quantitative estimate of drug-likeness (QED) is 0.867. The van der Waals surface area contributed by atoms with Gasteiger partial charge in [0.15, 0.2) is 9.84 Å². The standard InChI is InChI=1S/C12H16ClNO3S/c1-8-2-4-10(17-8)7-18(15,16)12-6-9(14)3-5-11(12)13/h3,5-6,8,10H,2,4,7,14H2,1H3. The van der Waals surface area contributed by atoms with Crippen LogP contribution in [0.2, 0.25) is 5.02 Å². The summed E-state index contributed by atoms with van der Waals surface area (Å²) in [7, 11) is -3.46. The highest BCUT2D eigenvalue weighted by atomic mass is 35.5. The van der Waals surface area contributed by atoms with E-state index < -0.39 is 9.84 Å². The van der Waals surface area contributed by atoms with E-state index in [9.17, 15) is 8.42 Å². The Balaban J connectivity index is 2.23. The van der Waals surface area contributed by atoms with Crippen LogP contribution in [-0.2, 0) is 14.6 Å². The summed E-state index contributed by atoms with van der Waals surface area (Å²) >= 11 is 5.92. The van der Waals surface area contributed by atoms with Gasteiger partial charge in [0.25, 0.3) is 0 Å². The first-order valence-electron chi connectivity index (χ1n) is 5.82. The van der Waals surface area contributed by atoms with Crippen LogP contribution in [0.3, 0.4) is 0 Å². The number of hydrogen-bond acceptors (Lipinski definition) is 4. The number of halogens is 1. The lowest BCUT2D eigenvalue weighted by Gasteiger charge is -2.13.